The molecular formula is C18H21NO. The van der Waals surface area contributed by atoms with Crippen LogP contribution < -0.4 is 4.74 Å². The lowest BCUT2D eigenvalue weighted by molar-refractivity contribution is -0.0675. The molecule has 2 heteroatoms. The first kappa shape index (κ1) is 13.2. The third-order valence-corrected chi connectivity index (χ3v) is 3.75. The van der Waals surface area contributed by atoms with E-state index in [1.54, 1.807) is 0 Å². The normalized spacial score (nSPS) is 17.5. The Morgan fingerprint density at radius 3 is 2.30 bits per heavy atom. The maximum absolute atomic E-state index is 6.08. The summed E-state index contributed by atoms with van der Waals surface area (Å²) in [6.45, 7) is 7.28. The second kappa shape index (κ2) is 5.29. The quantitative estimate of drug-likeness (QED) is 0.838. The summed E-state index contributed by atoms with van der Waals surface area (Å²) in [6, 6.07) is 18.9. The molecule has 2 aromatic rings. The van der Waals surface area contributed by atoms with E-state index >= 15 is 0 Å². The zero-order valence-corrected chi connectivity index (χ0v) is 12.2. The second-order valence-electron chi connectivity index (χ2n) is 6.00. The lowest BCUT2D eigenvalue weighted by Gasteiger charge is -2.47. The minimum atomic E-state index is -0.0496. The molecule has 0 atom stereocenters. The summed E-state index contributed by atoms with van der Waals surface area (Å²) in [7, 11) is 0. The van der Waals surface area contributed by atoms with Crippen molar-refractivity contribution in [1.82, 2.24) is 4.90 Å². The summed E-state index contributed by atoms with van der Waals surface area (Å²) in [6.07, 6.45) is 0. The van der Waals surface area contributed by atoms with Crippen molar-refractivity contribution in [3.63, 3.8) is 0 Å². The van der Waals surface area contributed by atoms with Crippen LogP contribution in [-0.4, -0.2) is 23.6 Å². The van der Waals surface area contributed by atoms with Gasteiger partial charge in [0, 0.05) is 19.6 Å². The smallest absolute Gasteiger partial charge is 0.131 e. The molecule has 0 aromatic heterocycles. The van der Waals surface area contributed by atoms with Crippen LogP contribution in [0.3, 0.4) is 0 Å². The summed E-state index contributed by atoms with van der Waals surface area (Å²) in [5, 5.41) is 0. The number of hydrogen-bond acceptors (Lipinski definition) is 2. The largest absolute Gasteiger partial charge is 0.485 e. The molecule has 0 spiro atoms. The second-order valence-corrected chi connectivity index (χ2v) is 6.00. The van der Waals surface area contributed by atoms with Crippen LogP contribution in [0.5, 0.6) is 5.75 Å². The van der Waals surface area contributed by atoms with Crippen molar-refractivity contribution in [2.24, 2.45) is 0 Å². The van der Waals surface area contributed by atoms with Crippen LogP contribution in [0.4, 0.5) is 0 Å². The van der Waals surface area contributed by atoms with Gasteiger partial charge in [-0.2, -0.15) is 0 Å². The molecule has 1 heterocycles. The molecule has 0 bridgehead atoms. The molecule has 2 aromatic carbocycles. The van der Waals surface area contributed by atoms with E-state index in [4.69, 9.17) is 4.74 Å². The Hall–Kier alpha value is -1.80. The van der Waals surface area contributed by atoms with Gasteiger partial charge < -0.3 is 4.74 Å². The van der Waals surface area contributed by atoms with Gasteiger partial charge in [0.1, 0.15) is 11.4 Å². The van der Waals surface area contributed by atoms with Crippen LogP contribution in [0.15, 0.2) is 54.6 Å². The Balaban J connectivity index is 1.54. The summed E-state index contributed by atoms with van der Waals surface area (Å²) in [5.41, 5.74) is 2.64. The van der Waals surface area contributed by atoms with Gasteiger partial charge in [-0.1, -0.05) is 48.0 Å². The third-order valence-electron chi connectivity index (χ3n) is 3.75. The molecule has 0 unspecified atom stereocenters. The zero-order valence-electron chi connectivity index (χ0n) is 12.2. The van der Waals surface area contributed by atoms with Gasteiger partial charge in [0.2, 0.25) is 0 Å². The molecule has 1 aliphatic heterocycles. The fourth-order valence-corrected chi connectivity index (χ4v) is 2.80. The monoisotopic (exact) mass is 267 g/mol. The van der Waals surface area contributed by atoms with Crippen molar-refractivity contribution in [2.75, 3.05) is 13.1 Å². The molecule has 1 saturated heterocycles. The zero-order chi connectivity index (χ0) is 14.0. The van der Waals surface area contributed by atoms with E-state index in [1.165, 1.54) is 11.1 Å². The number of rotatable bonds is 4. The van der Waals surface area contributed by atoms with Crippen LogP contribution in [0, 0.1) is 6.92 Å². The predicted octanol–water partition coefficient (Wildman–Crippen LogP) is 3.65. The van der Waals surface area contributed by atoms with E-state index in [2.05, 4.69) is 43.0 Å². The molecule has 0 saturated carbocycles. The van der Waals surface area contributed by atoms with Crippen molar-refractivity contribution in [3.8, 4) is 5.75 Å². The van der Waals surface area contributed by atoms with Crippen molar-refractivity contribution in [2.45, 2.75) is 26.0 Å². The number of nitrogens with zero attached hydrogens (tertiary/aromatic N) is 1. The highest BCUT2D eigenvalue weighted by atomic mass is 16.5. The molecule has 0 amide bonds. The van der Waals surface area contributed by atoms with Crippen LogP contribution in [0.1, 0.15) is 18.1 Å². The number of likely N-dealkylation sites (tertiary alicyclic amines) is 1. The highest BCUT2D eigenvalue weighted by molar-refractivity contribution is 5.24. The van der Waals surface area contributed by atoms with Gasteiger partial charge in [-0.15, -0.1) is 0 Å². The molecule has 104 valence electrons. The number of aryl methyl sites for hydroxylation is 1. The molecule has 20 heavy (non-hydrogen) atoms. The molecule has 3 rings (SSSR count). The van der Waals surface area contributed by atoms with E-state index in [1.807, 2.05) is 30.3 Å². The Morgan fingerprint density at radius 1 is 1.00 bits per heavy atom. The first-order chi connectivity index (χ1) is 9.63. The summed E-state index contributed by atoms with van der Waals surface area (Å²) >= 11 is 0. The Bertz CT molecular complexity index is 556. The fourth-order valence-electron chi connectivity index (χ4n) is 2.80. The topological polar surface area (TPSA) is 12.5 Å². The van der Waals surface area contributed by atoms with Gasteiger partial charge >= 0.3 is 0 Å². The van der Waals surface area contributed by atoms with Gasteiger partial charge in [-0.05, 0) is 31.5 Å². The van der Waals surface area contributed by atoms with E-state index in [-0.39, 0.29) is 5.60 Å². The van der Waals surface area contributed by atoms with Crippen LogP contribution in [-0.2, 0) is 6.54 Å². The number of ether oxygens (including phenoxy) is 1. The standard InChI is InChI=1S/C18H21NO/c1-15-8-10-16(11-9-15)12-19-13-18(2,14-19)20-17-6-4-3-5-7-17/h3-11H,12-14H2,1-2H3. The Kier molecular flexibility index (Phi) is 3.49. The average Bonchev–Trinajstić information content (AvgIpc) is 2.41. The molecule has 1 fully saturated rings. The fraction of sp³-hybridized carbons (Fsp3) is 0.333. The minimum Gasteiger partial charge on any atom is -0.485 e. The third kappa shape index (κ3) is 3.02. The van der Waals surface area contributed by atoms with Crippen LogP contribution in [0.2, 0.25) is 0 Å². The molecule has 0 N–H and O–H groups in total. The van der Waals surface area contributed by atoms with Gasteiger partial charge in [-0.3, -0.25) is 4.90 Å². The van der Waals surface area contributed by atoms with Gasteiger partial charge in [0.05, 0.1) is 0 Å². The summed E-state index contributed by atoms with van der Waals surface area (Å²) in [4.78, 5) is 2.42. The first-order valence-electron chi connectivity index (χ1n) is 7.15. The average molecular weight is 267 g/mol. The minimum absolute atomic E-state index is 0.0496. The predicted molar refractivity (Wildman–Crippen MR) is 81.9 cm³/mol. The maximum Gasteiger partial charge on any atom is 0.131 e. The Labute approximate surface area is 121 Å². The van der Waals surface area contributed by atoms with Gasteiger partial charge in [0.15, 0.2) is 0 Å². The van der Waals surface area contributed by atoms with Crippen LogP contribution >= 0.6 is 0 Å². The van der Waals surface area contributed by atoms with Gasteiger partial charge in [-0.25, -0.2) is 0 Å². The summed E-state index contributed by atoms with van der Waals surface area (Å²) in [5.74, 6) is 0.963. The summed E-state index contributed by atoms with van der Waals surface area (Å²) < 4.78 is 6.08. The Morgan fingerprint density at radius 2 is 1.65 bits per heavy atom. The first-order valence-corrected chi connectivity index (χ1v) is 7.15. The SMILES string of the molecule is Cc1ccc(CN2CC(C)(Oc3ccccc3)C2)cc1. The lowest BCUT2D eigenvalue weighted by atomic mass is 9.95. The lowest BCUT2D eigenvalue weighted by Crippen LogP contribution is -2.62. The van der Waals surface area contributed by atoms with E-state index in [9.17, 15) is 0 Å². The number of benzene rings is 2. The highest BCUT2D eigenvalue weighted by Gasteiger charge is 2.40. The van der Waals surface area contributed by atoms with Gasteiger partial charge in [0.25, 0.3) is 0 Å². The van der Waals surface area contributed by atoms with Crippen molar-refractivity contribution >= 4 is 0 Å². The highest BCUT2D eigenvalue weighted by Crippen LogP contribution is 2.28. The molecule has 2 nitrogen and oxygen atoms in total. The van der Waals surface area contributed by atoms with Crippen molar-refractivity contribution in [1.29, 1.82) is 0 Å². The maximum atomic E-state index is 6.08. The number of para-hydroxylation sites is 1. The molecular weight excluding hydrogens is 246 g/mol. The molecule has 0 radical (unpaired) electrons. The molecule has 1 aliphatic rings. The van der Waals surface area contributed by atoms with E-state index in [0.29, 0.717) is 0 Å². The van der Waals surface area contributed by atoms with E-state index < -0.39 is 0 Å². The van der Waals surface area contributed by atoms with Crippen LogP contribution in [0.25, 0.3) is 0 Å². The number of hydrogen-bond donors (Lipinski definition) is 0. The van der Waals surface area contributed by atoms with E-state index in [0.717, 1.165) is 25.4 Å². The van der Waals surface area contributed by atoms with Crippen molar-refractivity contribution < 1.29 is 4.74 Å². The molecule has 0 aliphatic carbocycles. The van der Waals surface area contributed by atoms with Crippen molar-refractivity contribution in [3.05, 3.63) is 65.7 Å².